The van der Waals surface area contributed by atoms with E-state index in [0.717, 1.165) is 37.1 Å². The van der Waals surface area contributed by atoms with Crippen molar-refractivity contribution in [3.8, 4) is 17.6 Å². The van der Waals surface area contributed by atoms with Crippen LogP contribution in [0, 0.1) is 11.3 Å². The SMILES string of the molecule is CCC1(c2cccc(Oc3cc(C(C)(NC(=O)Nc4ccccc4)c4cncn4C)ccc3C#N)c2)CCCCN(C)C1=O. The van der Waals surface area contributed by atoms with E-state index in [4.69, 9.17) is 4.74 Å². The van der Waals surface area contributed by atoms with Crippen LogP contribution >= 0.6 is 0 Å². The number of amides is 3. The standard InChI is InChI=1S/C35H38N6O3/c1-5-35(18-9-10-19-40(3)32(35)42)27-12-11-15-29(20-27)44-30-21-26(17-16-25(30)22-36)34(2,31-23-37-24-41(31)4)39-33(43)38-28-13-7-6-8-14-28/h6-8,11-17,20-21,23-24H,5,9-10,18-19H2,1-4H3,(H2,38,39,43). The van der Waals surface area contributed by atoms with Gasteiger partial charge in [-0.3, -0.25) is 4.79 Å². The molecule has 1 saturated heterocycles. The molecule has 5 rings (SSSR count). The van der Waals surface area contributed by atoms with Crippen LogP contribution in [-0.2, 0) is 22.8 Å². The lowest BCUT2D eigenvalue weighted by atomic mass is 9.73. The van der Waals surface area contributed by atoms with Crippen LogP contribution in [0.3, 0.4) is 0 Å². The second kappa shape index (κ2) is 12.6. The first-order valence-corrected chi connectivity index (χ1v) is 14.9. The normalized spacial score (nSPS) is 18.1. The first kappa shape index (κ1) is 30.4. The summed E-state index contributed by atoms with van der Waals surface area (Å²) in [5.41, 5.74) is 1.67. The zero-order valence-corrected chi connectivity index (χ0v) is 25.6. The minimum atomic E-state index is -1.04. The number of carbonyl (C=O) groups excluding carboxylic acids is 2. The number of ether oxygens (including phenoxy) is 1. The Labute approximate surface area is 258 Å². The molecule has 9 heteroatoms. The van der Waals surface area contributed by atoms with Crippen molar-refractivity contribution in [2.75, 3.05) is 18.9 Å². The first-order valence-electron chi connectivity index (χ1n) is 14.9. The first-order chi connectivity index (χ1) is 21.2. The number of imidazole rings is 1. The zero-order valence-electron chi connectivity index (χ0n) is 25.6. The third kappa shape index (κ3) is 5.88. The van der Waals surface area contributed by atoms with Crippen LogP contribution in [0.15, 0.2) is 85.3 Å². The molecule has 2 unspecified atom stereocenters. The monoisotopic (exact) mass is 590 g/mol. The van der Waals surface area contributed by atoms with Crippen LogP contribution in [0.5, 0.6) is 11.5 Å². The number of para-hydroxylation sites is 1. The summed E-state index contributed by atoms with van der Waals surface area (Å²) in [6, 6.07) is 23.9. The van der Waals surface area contributed by atoms with Gasteiger partial charge in [-0.2, -0.15) is 5.26 Å². The third-order valence-electron chi connectivity index (χ3n) is 8.72. The third-order valence-corrected chi connectivity index (χ3v) is 8.72. The molecule has 0 spiro atoms. The van der Waals surface area contributed by atoms with E-state index in [-0.39, 0.29) is 5.91 Å². The number of hydrogen-bond donors (Lipinski definition) is 2. The number of rotatable bonds is 8. The quantitative estimate of drug-likeness (QED) is 0.245. The lowest BCUT2D eigenvalue weighted by Gasteiger charge is -2.33. The number of nitrogens with zero attached hydrogens (tertiary/aromatic N) is 4. The van der Waals surface area contributed by atoms with Crippen molar-refractivity contribution in [1.82, 2.24) is 19.8 Å². The highest BCUT2D eigenvalue weighted by Crippen LogP contribution is 2.40. The molecule has 3 aromatic carbocycles. The molecule has 1 aromatic heterocycles. The van der Waals surface area contributed by atoms with Gasteiger partial charge in [0.15, 0.2) is 0 Å². The smallest absolute Gasteiger partial charge is 0.320 e. The number of likely N-dealkylation sites (N-methyl/N-ethyl adjacent to an activating group) is 1. The molecule has 44 heavy (non-hydrogen) atoms. The van der Waals surface area contributed by atoms with Crippen molar-refractivity contribution < 1.29 is 14.3 Å². The van der Waals surface area contributed by atoms with Crippen molar-refractivity contribution in [1.29, 1.82) is 5.26 Å². The highest BCUT2D eigenvalue weighted by molar-refractivity contribution is 5.90. The minimum absolute atomic E-state index is 0.126. The van der Waals surface area contributed by atoms with E-state index >= 15 is 0 Å². The Morgan fingerprint density at radius 1 is 1.09 bits per heavy atom. The zero-order chi connectivity index (χ0) is 31.3. The van der Waals surface area contributed by atoms with Crippen molar-refractivity contribution in [3.63, 3.8) is 0 Å². The summed E-state index contributed by atoms with van der Waals surface area (Å²) in [6.07, 6.45) is 6.77. The molecule has 0 saturated carbocycles. The van der Waals surface area contributed by atoms with Crippen LogP contribution in [0.25, 0.3) is 0 Å². The van der Waals surface area contributed by atoms with Gasteiger partial charge < -0.3 is 24.8 Å². The van der Waals surface area contributed by atoms with Gasteiger partial charge in [0.05, 0.1) is 29.2 Å². The van der Waals surface area contributed by atoms with Gasteiger partial charge in [-0.1, -0.05) is 49.7 Å². The summed E-state index contributed by atoms with van der Waals surface area (Å²) in [7, 11) is 3.73. The van der Waals surface area contributed by atoms with Crippen molar-refractivity contribution in [2.45, 2.75) is 50.5 Å². The van der Waals surface area contributed by atoms with Gasteiger partial charge in [-0.05, 0) is 73.7 Å². The fourth-order valence-corrected chi connectivity index (χ4v) is 6.18. The highest BCUT2D eigenvalue weighted by Gasteiger charge is 2.41. The molecule has 2 N–H and O–H groups in total. The Hall–Kier alpha value is -5.10. The molecule has 0 radical (unpaired) electrons. The van der Waals surface area contributed by atoms with Gasteiger partial charge in [-0.15, -0.1) is 0 Å². The van der Waals surface area contributed by atoms with E-state index in [1.165, 1.54) is 0 Å². The van der Waals surface area contributed by atoms with Crippen LogP contribution in [0.1, 0.15) is 61.9 Å². The molecule has 0 aliphatic carbocycles. The number of aromatic nitrogens is 2. The highest BCUT2D eigenvalue weighted by atomic mass is 16.5. The van der Waals surface area contributed by atoms with Crippen molar-refractivity contribution >= 4 is 17.6 Å². The van der Waals surface area contributed by atoms with Gasteiger partial charge in [-0.25, -0.2) is 9.78 Å². The van der Waals surface area contributed by atoms with Gasteiger partial charge in [0.25, 0.3) is 0 Å². The molecule has 2 atom stereocenters. The molecule has 4 aromatic rings. The molecule has 1 fully saturated rings. The van der Waals surface area contributed by atoms with E-state index in [9.17, 15) is 14.9 Å². The molecular formula is C35H38N6O3. The summed E-state index contributed by atoms with van der Waals surface area (Å²) in [4.78, 5) is 33.0. The maximum absolute atomic E-state index is 13.6. The van der Waals surface area contributed by atoms with Crippen LogP contribution < -0.4 is 15.4 Å². The number of urea groups is 1. The molecule has 9 nitrogen and oxygen atoms in total. The van der Waals surface area contributed by atoms with E-state index in [0.29, 0.717) is 34.7 Å². The fraction of sp³-hybridized carbons (Fsp3) is 0.314. The Kier molecular flexibility index (Phi) is 8.72. The molecule has 226 valence electrons. The Morgan fingerprint density at radius 2 is 1.89 bits per heavy atom. The number of nitrogens with one attached hydrogen (secondary N) is 2. The number of likely N-dealkylation sites (tertiary alicyclic amines) is 1. The number of nitriles is 1. The van der Waals surface area contributed by atoms with Crippen molar-refractivity contribution in [2.24, 2.45) is 7.05 Å². The average Bonchev–Trinajstić information content (AvgIpc) is 3.41. The molecular weight excluding hydrogens is 552 g/mol. The van der Waals surface area contributed by atoms with E-state index in [1.54, 1.807) is 24.7 Å². The second-order valence-corrected chi connectivity index (χ2v) is 11.5. The molecule has 1 aliphatic heterocycles. The lowest BCUT2D eigenvalue weighted by Crippen LogP contribution is -2.47. The Bertz CT molecular complexity index is 1690. The molecule has 2 heterocycles. The summed E-state index contributed by atoms with van der Waals surface area (Å²) in [6.45, 7) is 4.70. The maximum Gasteiger partial charge on any atom is 0.320 e. The van der Waals surface area contributed by atoms with E-state index in [1.807, 2.05) is 91.1 Å². The second-order valence-electron chi connectivity index (χ2n) is 11.5. The Balaban J connectivity index is 1.51. The lowest BCUT2D eigenvalue weighted by molar-refractivity contribution is -0.135. The summed E-state index contributed by atoms with van der Waals surface area (Å²) < 4.78 is 8.24. The maximum atomic E-state index is 13.6. The number of carbonyl (C=O) groups is 2. The van der Waals surface area contributed by atoms with E-state index < -0.39 is 17.0 Å². The van der Waals surface area contributed by atoms with Crippen LogP contribution in [-0.4, -0.2) is 40.0 Å². The summed E-state index contributed by atoms with van der Waals surface area (Å²) in [5, 5.41) is 16.0. The van der Waals surface area contributed by atoms with Gasteiger partial charge in [0.1, 0.15) is 23.1 Å². The van der Waals surface area contributed by atoms with Gasteiger partial charge in [0.2, 0.25) is 5.91 Å². The van der Waals surface area contributed by atoms with Crippen LogP contribution in [0.2, 0.25) is 0 Å². The number of aryl methyl sites for hydroxylation is 1. The van der Waals surface area contributed by atoms with Gasteiger partial charge in [0, 0.05) is 26.3 Å². The Morgan fingerprint density at radius 3 is 2.59 bits per heavy atom. The van der Waals surface area contributed by atoms with Gasteiger partial charge >= 0.3 is 6.03 Å². The molecule has 1 aliphatic rings. The average molecular weight is 591 g/mol. The largest absolute Gasteiger partial charge is 0.456 e. The van der Waals surface area contributed by atoms with E-state index in [2.05, 4.69) is 28.6 Å². The number of benzene rings is 3. The molecule has 3 amide bonds. The topological polar surface area (TPSA) is 112 Å². The minimum Gasteiger partial charge on any atom is -0.456 e. The number of anilines is 1. The van der Waals surface area contributed by atoms with Crippen molar-refractivity contribution in [3.05, 3.63) is 108 Å². The van der Waals surface area contributed by atoms with Crippen LogP contribution in [0.4, 0.5) is 10.5 Å². The molecule has 0 bridgehead atoms. The predicted octanol–water partition coefficient (Wildman–Crippen LogP) is 6.46. The predicted molar refractivity (Wildman–Crippen MR) is 169 cm³/mol. The number of hydrogen-bond acceptors (Lipinski definition) is 5. The fourth-order valence-electron chi connectivity index (χ4n) is 6.18. The summed E-state index contributed by atoms with van der Waals surface area (Å²) in [5.74, 6) is 0.998. The summed E-state index contributed by atoms with van der Waals surface area (Å²) >= 11 is 0.